The van der Waals surface area contributed by atoms with Gasteiger partial charge in [-0.1, -0.05) is 6.08 Å². The lowest BCUT2D eigenvalue weighted by atomic mass is 9.53. The predicted molar refractivity (Wildman–Crippen MR) is 122 cm³/mol. The van der Waals surface area contributed by atoms with E-state index in [1.807, 2.05) is 6.08 Å². The molecule has 8 heteroatoms. The van der Waals surface area contributed by atoms with Gasteiger partial charge in [0.1, 0.15) is 6.10 Å². The predicted octanol–water partition coefficient (Wildman–Crippen LogP) is 1.75. The molecule has 5 rings (SSSR count). The third kappa shape index (κ3) is 3.14. The van der Waals surface area contributed by atoms with Gasteiger partial charge in [-0.2, -0.15) is 12.6 Å². The Labute approximate surface area is 193 Å². The first kappa shape index (κ1) is 21.6. The zero-order chi connectivity index (χ0) is 22.6. The maximum atomic E-state index is 12.2. The van der Waals surface area contributed by atoms with Crippen LogP contribution < -0.4 is 10.1 Å². The van der Waals surface area contributed by atoms with E-state index in [2.05, 4.69) is 36.0 Å². The highest BCUT2D eigenvalue weighted by atomic mass is 32.1. The number of ether oxygens (including phenoxy) is 2. The molecule has 4 aliphatic rings. The number of likely N-dealkylation sites (tertiary alicyclic amines) is 1. The lowest BCUT2D eigenvalue weighted by Crippen LogP contribution is -2.65. The van der Waals surface area contributed by atoms with E-state index in [1.54, 1.807) is 6.07 Å². The van der Waals surface area contributed by atoms with Crippen molar-refractivity contribution in [2.45, 2.75) is 56.3 Å². The number of phenolic OH excluding ortho intramolecular Hbond substituents is 1. The summed E-state index contributed by atoms with van der Waals surface area (Å²) in [6.07, 6.45) is 5.94. The average Bonchev–Trinajstić information content (AvgIpc) is 3.11. The van der Waals surface area contributed by atoms with Crippen LogP contribution in [0.1, 0.15) is 36.5 Å². The largest absolute Gasteiger partial charge is 0.504 e. The number of aryl methyl sites for hydroxylation is 1. The van der Waals surface area contributed by atoms with Crippen molar-refractivity contribution >= 4 is 24.5 Å². The van der Waals surface area contributed by atoms with E-state index in [0.717, 1.165) is 30.5 Å². The van der Waals surface area contributed by atoms with E-state index < -0.39 is 6.10 Å². The number of phenols is 1. The Balaban J connectivity index is 1.58. The average molecular weight is 459 g/mol. The summed E-state index contributed by atoms with van der Waals surface area (Å²) in [5.74, 6) is 1.11. The molecule has 1 fully saturated rings. The molecule has 2 heterocycles. The van der Waals surface area contributed by atoms with E-state index in [0.29, 0.717) is 36.9 Å². The molecule has 32 heavy (non-hydrogen) atoms. The molecule has 1 unspecified atom stereocenters. The highest BCUT2D eigenvalue weighted by Gasteiger charge is 2.65. The Morgan fingerprint density at radius 3 is 2.97 bits per heavy atom. The molecule has 2 bridgehead atoms. The second-order valence-corrected chi connectivity index (χ2v) is 9.82. The van der Waals surface area contributed by atoms with Crippen molar-refractivity contribution in [2.24, 2.45) is 5.92 Å². The van der Waals surface area contributed by atoms with Crippen LogP contribution in [-0.4, -0.2) is 66.0 Å². The zero-order valence-electron chi connectivity index (χ0n) is 18.5. The van der Waals surface area contributed by atoms with Crippen LogP contribution in [0, 0.1) is 5.92 Å². The van der Waals surface area contributed by atoms with E-state index in [-0.39, 0.29) is 35.1 Å². The Morgan fingerprint density at radius 1 is 1.41 bits per heavy atom. The maximum Gasteiger partial charge on any atom is 0.303 e. The van der Waals surface area contributed by atoms with Crippen molar-refractivity contribution in [3.05, 3.63) is 34.9 Å². The lowest BCUT2D eigenvalue weighted by molar-refractivity contribution is -0.152. The topological polar surface area (TPSA) is 88.1 Å². The summed E-state index contributed by atoms with van der Waals surface area (Å²) in [7, 11) is 2.16. The van der Waals surface area contributed by atoms with Gasteiger partial charge in [-0.15, -0.1) is 0 Å². The molecule has 0 aromatic heterocycles. The summed E-state index contributed by atoms with van der Waals surface area (Å²) in [5.41, 5.74) is 2.93. The van der Waals surface area contributed by atoms with Crippen LogP contribution in [0.25, 0.3) is 0 Å². The second kappa shape index (κ2) is 7.99. The smallest absolute Gasteiger partial charge is 0.303 e. The van der Waals surface area contributed by atoms with Gasteiger partial charge in [0.2, 0.25) is 5.91 Å². The molecule has 0 radical (unpaired) electrons. The number of benzene rings is 1. The van der Waals surface area contributed by atoms with Crippen molar-refractivity contribution < 1.29 is 24.2 Å². The van der Waals surface area contributed by atoms with Gasteiger partial charge in [0.25, 0.3) is 0 Å². The summed E-state index contributed by atoms with van der Waals surface area (Å²) in [5, 5.41) is 13.8. The number of aromatic hydroxyl groups is 1. The maximum absolute atomic E-state index is 12.2. The Kier molecular flexibility index (Phi) is 5.40. The van der Waals surface area contributed by atoms with Crippen molar-refractivity contribution in [2.75, 3.05) is 25.9 Å². The van der Waals surface area contributed by atoms with Gasteiger partial charge < -0.3 is 24.8 Å². The molecular formula is C24H30N2O5S. The third-order valence-electron chi connectivity index (χ3n) is 7.71. The molecular weight excluding hydrogens is 428 g/mol. The van der Waals surface area contributed by atoms with Crippen LogP contribution in [0.2, 0.25) is 0 Å². The minimum absolute atomic E-state index is 0.0138. The number of rotatable bonds is 6. The summed E-state index contributed by atoms with van der Waals surface area (Å²) in [4.78, 5) is 26.4. The van der Waals surface area contributed by atoms with Gasteiger partial charge >= 0.3 is 5.97 Å². The van der Waals surface area contributed by atoms with Crippen LogP contribution in [0.3, 0.4) is 0 Å². The van der Waals surface area contributed by atoms with Crippen LogP contribution in [0.5, 0.6) is 11.5 Å². The van der Waals surface area contributed by atoms with Crippen LogP contribution in [0.4, 0.5) is 0 Å². The molecule has 2 aliphatic carbocycles. The normalized spacial score (nSPS) is 31.6. The van der Waals surface area contributed by atoms with Crippen molar-refractivity contribution in [3.63, 3.8) is 0 Å². The first-order valence-electron chi connectivity index (χ1n) is 11.3. The van der Waals surface area contributed by atoms with E-state index in [4.69, 9.17) is 9.47 Å². The highest BCUT2D eigenvalue weighted by molar-refractivity contribution is 7.80. The van der Waals surface area contributed by atoms with Crippen LogP contribution in [0.15, 0.2) is 18.2 Å². The Morgan fingerprint density at radius 2 is 2.22 bits per heavy atom. The van der Waals surface area contributed by atoms with E-state index in [9.17, 15) is 14.7 Å². The number of thiol groups is 1. The van der Waals surface area contributed by atoms with Gasteiger partial charge in [0.15, 0.2) is 17.6 Å². The molecule has 7 nitrogen and oxygen atoms in total. The van der Waals surface area contributed by atoms with Crippen molar-refractivity contribution in [1.82, 2.24) is 10.2 Å². The summed E-state index contributed by atoms with van der Waals surface area (Å²) in [6.45, 7) is 2.87. The first-order valence-corrected chi connectivity index (χ1v) is 12.0. The quantitative estimate of drug-likeness (QED) is 0.342. The standard InChI is InChI=1S/C24H30N2O5S/c1-13(27)30-19-5-4-16-17-12-15-14(3-6-20(29)25-8-10-32)11-18(28)22-21(15)24(16,23(19)31-22)7-9-26(17)2/h4-5,11,16-17,19,23,28,32H,3,6-10,12H2,1-2H3,(H,25,29)/t16?,17-,19+,23+,24+/m1/s1. The second-order valence-electron chi connectivity index (χ2n) is 9.38. The number of hydrogen-bond acceptors (Lipinski definition) is 7. The number of carbonyl (C=O) groups excluding carboxylic acids is 2. The minimum Gasteiger partial charge on any atom is -0.504 e. The molecule has 1 amide bonds. The number of hydrogen-bond donors (Lipinski definition) is 3. The van der Waals surface area contributed by atoms with E-state index in [1.165, 1.54) is 12.5 Å². The summed E-state index contributed by atoms with van der Waals surface area (Å²) in [6, 6.07) is 2.06. The number of esters is 1. The Bertz CT molecular complexity index is 995. The monoisotopic (exact) mass is 458 g/mol. The van der Waals surface area contributed by atoms with Crippen LogP contribution in [-0.2, 0) is 32.6 Å². The van der Waals surface area contributed by atoms with E-state index >= 15 is 0 Å². The number of carbonyl (C=O) groups is 2. The molecule has 172 valence electrons. The fourth-order valence-electron chi connectivity index (χ4n) is 6.43. The molecule has 0 saturated carbocycles. The van der Waals surface area contributed by atoms with Gasteiger partial charge in [-0.05, 0) is 56.1 Å². The molecule has 1 spiro atoms. The minimum atomic E-state index is -0.485. The molecule has 2 N–H and O–H groups in total. The number of amides is 1. The zero-order valence-corrected chi connectivity index (χ0v) is 19.4. The van der Waals surface area contributed by atoms with Crippen molar-refractivity contribution in [3.8, 4) is 11.5 Å². The first-order chi connectivity index (χ1) is 15.4. The van der Waals surface area contributed by atoms with Gasteiger partial charge in [-0.25, -0.2) is 0 Å². The number of nitrogens with zero attached hydrogens (tertiary/aromatic N) is 1. The lowest BCUT2D eigenvalue weighted by Gasteiger charge is -2.56. The molecule has 1 aromatic rings. The highest BCUT2D eigenvalue weighted by Crippen LogP contribution is 2.63. The number of nitrogens with one attached hydrogen (secondary N) is 1. The number of piperidine rings is 1. The molecule has 5 atom stereocenters. The Hall–Kier alpha value is -2.19. The van der Waals surface area contributed by atoms with Crippen molar-refractivity contribution in [1.29, 1.82) is 0 Å². The molecule has 1 aromatic carbocycles. The van der Waals surface area contributed by atoms with Gasteiger partial charge in [-0.3, -0.25) is 9.59 Å². The summed E-state index contributed by atoms with van der Waals surface area (Å²) < 4.78 is 12.1. The number of likely N-dealkylation sites (N-methyl/N-ethyl adjacent to an activating group) is 1. The van der Waals surface area contributed by atoms with Gasteiger partial charge in [0, 0.05) is 48.6 Å². The van der Waals surface area contributed by atoms with Gasteiger partial charge in [0.05, 0.1) is 0 Å². The SMILES string of the molecule is CC(=O)O[C@H]1C=CC2[C@H]3Cc4c(CCC(=O)NCCS)cc(O)c5c4[C@@]2(CCN3C)[C@H]1O5. The fraction of sp³-hybridized carbons (Fsp3) is 0.583. The fourth-order valence-corrected chi connectivity index (χ4v) is 6.54. The molecule has 2 aliphatic heterocycles. The van der Waals surface area contributed by atoms with Crippen LogP contribution >= 0.6 is 12.6 Å². The molecule has 1 saturated heterocycles. The third-order valence-corrected chi connectivity index (χ3v) is 7.93. The summed E-state index contributed by atoms with van der Waals surface area (Å²) >= 11 is 4.14.